The molecule has 0 spiro atoms. The van der Waals surface area contributed by atoms with Gasteiger partial charge in [0.2, 0.25) is 0 Å². The Morgan fingerprint density at radius 3 is 2.23 bits per heavy atom. The van der Waals surface area contributed by atoms with Crippen molar-refractivity contribution < 1.29 is 19.1 Å². The van der Waals surface area contributed by atoms with E-state index in [4.69, 9.17) is 9.47 Å². The number of rotatable bonds is 7. The van der Waals surface area contributed by atoms with Gasteiger partial charge in [-0.3, -0.25) is 9.59 Å². The molecule has 1 heterocycles. The van der Waals surface area contributed by atoms with Gasteiger partial charge in [-0.25, -0.2) is 0 Å². The third-order valence-corrected chi connectivity index (χ3v) is 5.32. The Labute approximate surface area is 180 Å². The zero-order valence-electron chi connectivity index (χ0n) is 17.7. The third-order valence-electron chi connectivity index (χ3n) is 5.32. The van der Waals surface area contributed by atoms with E-state index in [9.17, 15) is 9.59 Å². The summed E-state index contributed by atoms with van der Waals surface area (Å²) in [5.74, 6) is 1.20. The van der Waals surface area contributed by atoms with Crippen molar-refractivity contribution in [3.05, 3.63) is 89.6 Å². The van der Waals surface area contributed by atoms with E-state index < -0.39 is 0 Å². The molecule has 5 heteroatoms. The Morgan fingerprint density at radius 1 is 0.903 bits per heavy atom. The smallest absolute Gasteiger partial charge is 0.200 e. The Kier molecular flexibility index (Phi) is 5.58. The maximum Gasteiger partial charge on any atom is 0.200 e. The van der Waals surface area contributed by atoms with Crippen molar-refractivity contribution in [2.45, 2.75) is 13.8 Å². The van der Waals surface area contributed by atoms with Gasteiger partial charge in [-0.1, -0.05) is 30.3 Å². The van der Waals surface area contributed by atoms with Crippen molar-refractivity contribution in [3.63, 3.8) is 0 Å². The molecule has 0 amide bonds. The summed E-state index contributed by atoms with van der Waals surface area (Å²) < 4.78 is 13.1. The van der Waals surface area contributed by atoms with Crippen molar-refractivity contribution in [1.82, 2.24) is 4.57 Å². The van der Waals surface area contributed by atoms with Gasteiger partial charge in [-0.2, -0.15) is 0 Å². The summed E-state index contributed by atoms with van der Waals surface area (Å²) in [5.41, 5.74) is 3.93. The summed E-state index contributed by atoms with van der Waals surface area (Å²) >= 11 is 0. The van der Waals surface area contributed by atoms with Gasteiger partial charge in [-0.05, 0) is 56.3 Å². The second kappa shape index (κ2) is 8.48. The number of ether oxygens (including phenoxy) is 2. The van der Waals surface area contributed by atoms with E-state index in [-0.39, 0.29) is 18.2 Å². The summed E-state index contributed by atoms with van der Waals surface area (Å²) in [5, 5.41) is 0.797. The highest BCUT2D eigenvalue weighted by Gasteiger charge is 2.19. The van der Waals surface area contributed by atoms with Crippen LogP contribution in [0.2, 0.25) is 0 Å². The molecule has 0 aliphatic heterocycles. The van der Waals surface area contributed by atoms with E-state index in [1.165, 1.54) is 0 Å². The lowest BCUT2D eigenvalue weighted by Crippen LogP contribution is -2.11. The van der Waals surface area contributed by atoms with Gasteiger partial charge in [0.25, 0.3) is 0 Å². The minimum atomic E-state index is -0.0977. The second-order valence-electron chi connectivity index (χ2n) is 7.31. The molecule has 0 saturated carbocycles. The molecule has 4 aromatic rings. The molecule has 0 unspecified atom stereocenters. The number of hydrogen-bond acceptors (Lipinski definition) is 4. The standard InChI is InChI=1S/C26H23NO4/c1-17-26(18(2)28)23-15-22(31-16-25(29)19-7-5-4-6-8-19)13-14-24(23)27(17)20-9-11-21(30-3)12-10-20/h4-15H,16H2,1-3H3. The molecule has 0 aliphatic rings. The van der Waals surface area contributed by atoms with E-state index in [0.29, 0.717) is 16.9 Å². The summed E-state index contributed by atoms with van der Waals surface area (Å²) in [7, 11) is 1.63. The number of hydrogen-bond donors (Lipinski definition) is 0. The minimum absolute atomic E-state index is 0.0210. The van der Waals surface area contributed by atoms with Gasteiger partial charge in [-0.15, -0.1) is 0 Å². The molecular formula is C26H23NO4. The van der Waals surface area contributed by atoms with Gasteiger partial charge < -0.3 is 14.0 Å². The van der Waals surface area contributed by atoms with Crippen LogP contribution in [-0.2, 0) is 0 Å². The first kappa shape index (κ1) is 20.4. The molecule has 0 N–H and O–H groups in total. The van der Waals surface area contributed by atoms with Crippen LogP contribution in [0, 0.1) is 6.92 Å². The SMILES string of the molecule is COc1ccc(-n2c(C)c(C(C)=O)c3cc(OCC(=O)c4ccccc4)ccc32)cc1. The van der Waals surface area contributed by atoms with Crippen LogP contribution in [0.5, 0.6) is 11.5 Å². The zero-order chi connectivity index (χ0) is 22.0. The largest absolute Gasteiger partial charge is 0.497 e. The number of Topliss-reactive ketones (excluding diaryl/α,β-unsaturated/α-hetero) is 2. The summed E-state index contributed by atoms with van der Waals surface area (Å²) in [6.07, 6.45) is 0. The van der Waals surface area contributed by atoms with Crippen molar-refractivity contribution in [2.75, 3.05) is 13.7 Å². The Morgan fingerprint density at radius 2 is 1.58 bits per heavy atom. The van der Waals surface area contributed by atoms with Crippen LogP contribution in [-0.4, -0.2) is 29.9 Å². The number of benzene rings is 3. The maximum absolute atomic E-state index is 12.5. The van der Waals surface area contributed by atoms with Crippen LogP contribution >= 0.6 is 0 Å². The first-order valence-corrected chi connectivity index (χ1v) is 10.0. The third kappa shape index (κ3) is 3.94. The average Bonchev–Trinajstić information content (AvgIpc) is 3.09. The molecule has 0 atom stereocenters. The number of aromatic nitrogens is 1. The molecule has 0 aliphatic carbocycles. The summed E-state index contributed by atoms with van der Waals surface area (Å²) in [4.78, 5) is 24.8. The lowest BCUT2D eigenvalue weighted by Gasteiger charge is -2.10. The number of ketones is 2. The van der Waals surface area contributed by atoms with Crippen LogP contribution in [0.25, 0.3) is 16.6 Å². The van der Waals surface area contributed by atoms with Crippen LogP contribution in [0.15, 0.2) is 72.8 Å². The van der Waals surface area contributed by atoms with Gasteiger partial charge in [0.1, 0.15) is 11.5 Å². The molecule has 5 nitrogen and oxygen atoms in total. The number of methoxy groups -OCH3 is 1. The van der Waals surface area contributed by atoms with Gasteiger partial charge in [0, 0.05) is 27.9 Å². The van der Waals surface area contributed by atoms with Crippen molar-refractivity contribution >= 4 is 22.5 Å². The molecule has 0 fully saturated rings. The topological polar surface area (TPSA) is 57.5 Å². The van der Waals surface area contributed by atoms with E-state index in [0.717, 1.165) is 28.0 Å². The first-order chi connectivity index (χ1) is 15.0. The highest BCUT2D eigenvalue weighted by molar-refractivity contribution is 6.09. The molecule has 0 saturated heterocycles. The quantitative estimate of drug-likeness (QED) is 0.380. The Balaban J connectivity index is 1.71. The van der Waals surface area contributed by atoms with Crippen molar-refractivity contribution in [3.8, 4) is 17.2 Å². The monoisotopic (exact) mass is 413 g/mol. The van der Waals surface area contributed by atoms with Gasteiger partial charge >= 0.3 is 0 Å². The molecule has 0 radical (unpaired) electrons. The minimum Gasteiger partial charge on any atom is -0.497 e. The predicted octanol–water partition coefficient (Wildman–Crippen LogP) is 5.41. The molecule has 0 bridgehead atoms. The first-order valence-electron chi connectivity index (χ1n) is 10.0. The lowest BCUT2D eigenvalue weighted by atomic mass is 10.1. The highest BCUT2D eigenvalue weighted by Crippen LogP contribution is 2.33. The Hall–Kier alpha value is -3.86. The van der Waals surface area contributed by atoms with Crippen LogP contribution in [0.3, 0.4) is 0 Å². The fourth-order valence-electron chi connectivity index (χ4n) is 3.85. The average molecular weight is 413 g/mol. The molecule has 3 aromatic carbocycles. The summed E-state index contributed by atoms with van der Waals surface area (Å²) in [6.45, 7) is 3.43. The van der Waals surface area contributed by atoms with Gasteiger partial charge in [0.15, 0.2) is 18.2 Å². The van der Waals surface area contributed by atoms with E-state index in [2.05, 4.69) is 0 Å². The zero-order valence-corrected chi connectivity index (χ0v) is 17.7. The molecule has 156 valence electrons. The number of carbonyl (C=O) groups excluding carboxylic acids is 2. The van der Waals surface area contributed by atoms with Crippen LogP contribution < -0.4 is 9.47 Å². The van der Waals surface area contributed by atoms with Crippen LogP contribution in [0.4, 0.5) is 0 Å². The van der Waals surface area contributed by atoms with Gasteiger partial charge in [0.05, 0.1) is 12.6 Å². The highest BCUT2D eigenvalue weighted by atomic mass is 16.5. The predicted molar refractivity (Wildman–Crippen MR) is 121 cm³/mol. The molecule has 4 rings (SSSR count). The van der Waals surface area contributed by atoms with Crippen molar-refractivity contribution in [2.24, 2.45) is 0 Å². The molecular weight excluding hydrogens is 390 g/mol. The second-order valence-corrected chi connectivity index (χ2v) is 7.31. The van der Waals surface area contributed by atoms with Crippen LogP contribution in [0.1, 0.15) is 33.3 Å². The lowest BCUT2D eigenvalue weighted by molar-refractivity contribution is 0.0921. The fourth-order valence-corrected chi connectivity index (χ4v) is 3.85. The normalized spacial score (nSPS) is 10.8. The van der Waals surface area contributed by atoms with E-state index in [1.807, 2.05) is 72.2 Å². The number of fused-ring (bicyclic) bond motifs is 1. The van der Waals surface area contributed by atoms with Crippen molar-refractivity contribution in [1.29, 1.82) is 0 Å². The molecule has 1 aromatic heterocycles. The Bertz CT molecular complexity index is 1250. The molecule has 31 heavy (non-hydrogen) atoms. The summed E-state index contributed by atoms with van der Waals surface area (Å²) in [6, 6.07) is 22.3. The number of carbonyl (C=O) groups is 2. The van der Waals surface area contributed by atoms with E-state index >= 15 is 0 Å². The fraction of sp³-hybridized carbons (Fsp3) is 0.154. The van der Waals surface area contributed by atoms with E-state index in [1.54, 1.807) is 26.2 Å². The maximum atomic E-state index is 12.5. The number of nitrogens with zero attached hydrogens (tertiary/aromatic N) is 1.